The highest BCUT2D eigenvalue weighted by atomic mass is 15.1. The highest BCUT2D eigenvalue weighted by Gasteiger charge is 2.21. The second-order valence-electron chi connectivity index (χ2n) is 12.5. The lowest BCUT2D eigenvalue weighted by Crippen LogP contribution is -2.11. The van der Waals surface area contributed by atoms with E-state index in [2.05, 4.69) is 205 Å². The molecule has 0 fully saturated rings. The van der Waals surface area contributed by atoms with E-state index in [1.54, 1.807) is 0 Å². The van der Waals surface area contributed by atoms with Gasteiger partial charge in [0.15, 0.2) is 0 Å². The summed E-state index contributed by atoms with van der Waals surface area (Å²) >= 11 is 0. The molecule has 0 aromatic heterocycles. The van der Waals surface area contributed by atoms with E-state index in [-0.39, 0.29) is 0 Å². The summed E-state index contributed by atoms with van der Waals surface area (Å²) in [5.41, 5.74) is 10.6. The van der Waals surface area contributed by atoms with E-state index in [4.69, 9.17) is 0 Å². The van der Waals surface area contributed by atoms with Crippen molar-refractivity contribution in [1.29, 1.82) is 0 Å². The highest BCUT2D eigenvalue weighted by Crippen LogP contribution is 2.47. The lowest BCUT2D eigenvalue weighted by Gasteiger charge is -2.29. The lowest BCUT2D eigenvalue weighted by atomic mass is 9.90. The fraction of sp³-hybridized carbons (Fsp3) is 0. The van der Waals surface area contributed by atoms with Crippen molar-refractivity contribution in [3.63, 3.8) is 0 Å². The zero-order chi connectivity index (χ0) is 32.6. The van der Waals surface area contributed by atoms with Gasteiger partial charge in [0.05, 0.1) is 5.69 Å². The molecule has 9 aromatic rings. The number of benzene rings is 9. The lowest BCUT2D eigenvalue weighted by molar-refractivity contribution is 1.30. The molecule has 49 heavy (non-hydrogen) atoms. The molecule has 0 amide bonds. The molecular weight excluding hydrogens is 591 g/mol. The summed E-state index contributed by atoms with van der Waals surface area (Å²) in [5.74, 6) is 0. The van der Waals surface area contributed by atoms with Gasteiger partial charge in [-0.2, -0.15) is 0 Å². The highest BCUT2D eigenvalue weighted by molar-refractivity contribution is 6.29. The molecule has 0 N–H and O–H groups in total. The average molecular weight is 624 g/mol. The van der Waals surface area contributed by atoms with Gasteiger partial charge < -0.3 is 4.90 Å². The van der Waals surface area contributed by atoms with Crippen molar-refractivity contribution in [3.05, 3.63) is 200 Å². The van der Waals surface area contributed by atoms with Gasteiger partial charge in [-0.25, -0.2) is 0 Å². The van der Waals surface area contributed by atoms with Crippen molar-refractivity contribution in [2.24, 2.45) is 0 Å². The molecule has 0 saturated heterocycles. The van der Waals surface area contributed by atoms with Crippen LogP contribution in [0.15, 0.2) is 200 Å². The molecule has 1 nitrogen and oxygen atoms in total. The Kier molecular flexibility index (Phi) is 7.22. The van der Waals surface area contributed by atoms with Crippen LogP contribution in [0.2, 0.25) is 0 Å². The Morgan fingerprint density at radius 2 is 0.592 bits per heavy atom. The molecule has 1 heteroatoms. The van der Waals surface area contributed by atoms with Gasteiger partial charge in [0.2, 0.25) is 0 Å². The van der Waals surface area contributed by atoms with Crippen LogP contribution in [0.3, 0.4) is 0 Å². The number of anilines is 3. The summed E-state index contributed by atoms with van der Waals surface area (Å²) in [6.07, 6.45) is 0. The van der Waals surface area contributed by atoms with Crippen molar-refractivity contribution in [3.8, 4) is 33.4 Å². The quantitative estimate of drug-likeness (QED) is 0.167. The first-order valence-corrected chi connectivity index (χ1v) is 16.9. The molecule has 230 valence electrons. The van der Waals surface area contributed by atoms with Crippen molar-refractivity contribution >= 4 is 49.4 Å². The molecular formula is C48H33N. The van der Waals surface area contributed by atoms with E-state index in [1.807, 2.05) is 0 Å². The Morgan fingerprint density at radius 1 is 0.245 bits per heavy atom. The van der Waals surface area contributed by atoms with Crippen LogP contribution >= 0.6 is 0 Å². The Balaban J connectivity index is 1.35. The second-order valence-corrected chi connectivity index (χ2v) is 12.5. The summed E-state index contributed by atoms with van der Waals surface area (Å²) in [6, 6.07) is 72.5. The third-order valence-corrected chi connectivity index (χ3v) is 9.63. The monoisotopic (exact) mass is 623 g/mol. The summed E-state index contributed by atoms with van der Waals surface area (Å²) in [5, 5.41) is 7.53. The van der Waals surface area contributed by atoms with Gasteiger partial charge in [0.25, 0.3) is 0 Å². The summed E-state index contributed by atoms with van der Waals surface area (Å²) in [4.78, 5) is 2.44. The molecule has 0 saturated carbocycles. The first kappa shape index (κ1) is 28.8. The van der Waals surface area contributed by atoms with Crippen LogP contribution in [0, 0.1) is 0 Å². The largest absolute Gasteiger partial charge is 0.310 e. The van der Waals surface area contributed by atoms with Gasteiger partial charge in [-0.15, -0.1) is 0 Å². The van der Waals surface area contributed by atoms with Crippen LogP contribution in [0.5, 0.6) is 0 Å². The first-order chi connectivity index (χ1) is 24.3. The van der Waals surface area contributed by atoms with E-state index >= 15 is 0 Å². The van der Waals surface area contributed by atoms with Gasteiger partial charge in [-0.05, 0) is 96.7 Å². The number of nitrogens with zero attached hydrogens (tertiary/aromatic N) is 1. The van der Waals surface area contributed by atoms with E-state index in [9.17, 15) is 0 Å². The van der Waals surface area contributed by atoms with Gasteiger partial charge in [0.1, 0.15) is 0 Å². The Morgan fingerprint density at radius 3 is 1.06 bits per heavy atom. The molecule has 0 aliphatic carbocycles. The zero-order valence-electron chi connectivity index (χ0n) is 27.0. The average Bonchev–Trinajstić information content (AvgIpc) is 3.19. The SMILES string of the molecule is c1ccc(-c2ccc(N(c3ccc(-c4ccccc4)cc3)c3cc(-c4ccccc4)cc4c5ccccc5c5ccccc5c34)cc2)cc1. The van der Waals surface area contributed by atoms with Crippen LogP contribution in [0.25, 0.3) is 65.7 Å². The number of hydrogen-bond donors (Lipinski definition) is 0. The predicted octanol–water partition coefficient (Wildman–Crippen LogP) is 13.6. The minimum absolute atomic E-state index is 1.11. The van der Waals surface area contributed by atoms with Gasteiger partial charge in [-0.1, -0.05) is 164 Å². The third kappa shape index (κ3) is 5.23. The maximum absolute atomic E-state index is 2.44. The van der Waals surface area contributed by atoms with Crippen molar-refractivity contribution in [1.82, 2.24) is 0 Å². The molecule has 0 bridgehead atoms. The summed E-state index contributed by atoms with van der Waals surface area (Å²) in [7, 11) is 0. The molecule has 0 heterocycles. The topological polar surface area (TPSA) is 3.24 Å². The van der Waals surface area contributed by atoms with Gasteiger partial charge >= 0.3 is 0 Å². The fourth-order valence-electron chi connectivity index (χ4n) is 7.28. The van der Waals surface area contributed by atoms with Crippen LogP contribution in [-0.4, -0.2) is 0 Å². The van der Waals surface area contributed by atoms with Crippen molar-refractivity contribution in [2.45, 2.75) is 0 Å². The molecule has 0 spiro atoms. The Bertz CT molecular complexity index is 2470. The maximum Gasteiger partial charge on any atom is 0.0552 e. The molecule has 9 rings (SSSR count). The number of rotatable bonds is 6. The van der Waals surface area contributed by atoms with Crippen LogP contribution < -0.4 is 4.90 Å². The minimum Gasteiger partial charge on any atom is -0.310 e. The van der Waals surface area contributed by atoms with Crippen molar-refractivity contribution in [2.75, 3.05) is 4.90 Å². The van der Waals surface area contributed by atoms with Crippen LogP contribution in [-0.2, 0) is 0 Å². The maximum atomic E-state index is 2.44. The van der Waals surface area contributed by atoms with E-state index in [1.165, 1.54) is 65.7 Å². The molecule has 0 unspecified atom stereocenters. The normalized spacial score (nSPS) is 11.3. The van der Waals surface area contributed by atoms with E-state index in [0.29, 0.717) is 0 Å². The standard InChI is InChI=1S/C48H33N/c1-4-14-34(15-5-1)37-24-28-40(29-25-37)49(41-30-26-38(27-31-41)35-16-6-2-7-17-35)47-33-39(36-18-8-3-9-19-36)32-46-44-22-11-10-20-42(44)43-21-12-13-23-45(43)48(46)47/h1-33H. The molecule has 9 aromatic carbocycles. The summed E-state index contributed by atoms with van der Waals surface area (Å²) < 4.78 is 0. The van der Waals surface area contributed by atoms with E-state index in [0.717, 1.165) is 17.1 Å². The predicted molar refractivity (Wildman–Crippen MR) is 210 cm³/mol. The second kappa shape index (κ2) is 12.3. The Labute approximate surface area is 287 Å². The molecule has 0 radical (unpaired) electrons. The van der Waals surface area contributed by atoms with Crippen LogP contribution in [0.1, 0.15) is 0 Å². The smallest absolute Gasteiger partial charge is 0.0552 e. The first-order valence-electron chi connectivity index (χ1n) is 16.9. The Hall–Kier alpha value is -6.44. The van der Waals surface area contributed by atoms with Crippen LogP contribution in [0.4, 0.5) is 17.1 Å². The van der Waals surface area contributed by atoms with E-state index < -0.39 is 0 Å². The fourth-order valence-corrected chi connectivity index (χ4v) is 7.28. The zero-order valence-corrected chi connectivity index (χ0v) is 27.0. The number of fused-ring (bicyclic) bond motifs is 6. The third-order valence-electron chi connectivity index (χ3n) is 9.63. The minimum atomic E-state index is 1.11. The van der Waals surface area contributed by atoms with Gasteiger partial charge in [-0.3, -0.25) is 0 Å². The van der Waals surface area contributed by atoms with Gasteiger partial charge in [0, 0.05) is 16.8 Å². The van der Waals surface area contributed by atoms with Crippen molar-refractivity contribution < 1.29 is 0 Å². The molecule has 0 aliphatic heterocycles. The number of hydrogen-bond acceptors (Lipinski definition) is 1. The molecule has 0 atom stereocenters. The molecule has 0 aliphatic rings. The summed E-state index contributed by atoms with van der Waals surface area (Å²) in [6.45, 7) is 0.